The van der Waals surface area contributed by atoms with Crippen LogP contribution in [0.4, 0.5) is 0 Å². The third kappa shape index (κ3) is 2.99. The fourth-order valence-corrected chi connectivity index (χ4v) is 1.98. The van der Waals surface area contributed by atoms with Crippen molar-refractivity contribution in [1.29, 1.82) is 0 Å². The molecule has 0 saturated carbocycles. The van der Waals surface area contributed by atoms with Crippen molar-refractivity contribution in [3.63, 3.8) is 0 Å². The van der Waals surface area contributed by atoms with E-state index in [1.54, 1.807) is 11.3 Å². The minimum Gasteiger partial charge on any atom is -0.370 e. The monoisotopic (exact) mass is 212 g/mol. The second-order valence-electron chi connectivity index (χ2n) is 2.97. The normalized spacial score (nSPS) is 11.8. The molecule has 3 N–H and O–H groups in total. The number of hydrogen-bond donors (Lipinski definition) is 2. The van der Waals surface area contributed by atoms with Gasteiger partial charge in [-0.3, -0.25) is 0 Å². The average molecular weight is 212 g/mol. The first-order chi connectivity index (χ1) is 6.63. The second kappa shape index (κ2) is 4.95. The number of aromatic nitrogens is 1. The van der Waals surface area contributed by atoms with Gasteiger partial charge in [0.05, 0.1) is 17.2 Å². The highest BCUT2D eigenvalue weighted by molar-refractivity contribution is 7.11. The number of aliphatic imine (C=N–C) groups is 1. The Labute approximate surface area is 88.3 Å². The van der Waals surface area contributed by atoms with Gasteiger partial charge in [0.1, 0.15) is 0 Å². The van der Waals surface area contributed by atoms with E-state index in [-0.39, 0.29) is 0 Å². The molecule has 0 unspecified atom stereocenters. The Bertz CT molecular complexity index is 330. The summed E-state index contributed by atoms with van der Waals surface area (Å²) in [4.78, 5) is 9.72. The van der Waals surface area contributed by atoms with Gasteiger partial charge in [-0.05, 0) is 20.8 Å². The molecule has 0 saturated heterocycles. The van der Waals surface area contributed by atoms with Crippen LogP contribution < -0.4 is 11.1 Å². The minimum absolute atomic E-state index is 0.498. The predicted molar refractivity (Wildman–Crippen MR) is 60.6 cm³/mol. The number of nitrogens with two attached hydrogens (primary N) is 1. The first-order valence-corrected chi connectivity index (χ1v) is 5.41. The van der Waals surface area contributed by atoms with Crippen molar-refractivity contribution in [2.75, 3.05) is 6.54 Å². The smallest absolute Gasteiger partial charge is 0.188 e. The van der Waals surface area contributed by atoms with Gasteiger partial charge in [0.2, 0.25) is 0 Å². The zero-order valence-electron chi connectivity index (χ0n) is 8.79. The fourth-order valence-electron chi connectivity index (χ4n) is 1.11. The van der Waals surface area contributed by atoms with Crippen LogP contribution in [0.3, 0.4) is 0 Å². The molecule has 1 rings (SSSR count). The van der Waals surface area contributed by atoms with Gasteiger partial charge < -0.3 is 11.1 Å². The number of rotatable bonds is 3. The molecular weight excluding hydrogens is 196 g/mol. The fraction of sp³-hybridized carbons (Fsp3) is 0.556. The molecule has 0 aliphatic carbocycles. The number of guanidine groups is 1. The van der Waals surface area contributed by atoms with E-state index in [1.165, 1.54) is 4.88 Å². The van der Waals surface area contributed by atoms with E-state index in [4.69, 9.17) is 5.73 Å². The molecule has 0 atom stereocenters. The molecule has 0 aliphatic heterocycles. The van der Waals surface area contributed by atoms with Gasteiger partial charge in [-0.15, -0.1) is 11.3 Å². The Kier molecular flexibility index (Phi) is 3.88. The van der Waals surface area contributed by atoms with Gasteiger partial charge >= 0.3 is 0 Å². The topological polar surface area (TPSA) is 63.3 Å². The van der Waals surface area contributed by atoms with Crippen LogP contribution in [0.1, 0.15) is 22.5 Å². The van der Waals surface area contributed by atoms with Crippen LogP contribution >= 0.6 is 11.3 Å². The van der Waals surface area contributed by atoms with Crippen LogP contribution in [0.25, 0.3) is 0 Å². The lowest BCUT2D eigenvalue weighted by Gasteiger charge is -2.00. The van der Waals surface area contributed by atoms with Gasteiger partial charge in [0, 0.05) is 11.4 Å². The Balaban J connectivity index is 2.61. The lowest BCUT2D eigenvalue weighted by molar-refractivity contribution is 0.926. The van der Waals surface area contributed by atoms with E-state index in [2.05, 4.69) is 15.3 Å². The summed E-state index contributed by atoms with van der Waals surface area (Å²) in [7, 11) is 0. The number of thiazole rings is 1. The first kappa shape index (κ1) is 11.0. The van der Waals surface area contributed by atoms with Crippen LogP contribution in [0.15, 0.2) is 4.99 Å². The molecule has 1 aromatic rings. The lowest BCUT2D eigenvalue weighted by atomic mass is 10.4. The van der Waals surface area contributed by atoms with Crippen molar-refractivity contribution < 1.29 is 0 Å². The molecule has 0 radical (unpaired) electrons. The molecule has 0 bridgehead atoms. The standard InChI is InChI=1S/C9H16N4S/c1-4-11-9(10)12-5-8-6(2)13-7(3)14-8/h4-5H2,1-3H3,(H3,10,11,12). The van der Waals surface area contributed by atoms with Crippen molar-refractivity contribution in [2.45, 2.75) is 27.3 Å². The Hall–Kier alpha value is -1.10. The van der Waals surface area contributed by atoms with E-state index >= 15 is 0 Å². The van der Waals surface area contributed by atoms with Crippen LogP contribution in [0.2, 0.25) is 0 Å². The SMILES string of the molecule is CCNC(N)=NCc1sc(C)nc1C. The highest BCUT2D eigenvalue weighted by atomic mass is 32.1. The van der Waals surface area contributed by atoms with Crippen molar-refractivity contribution >= 4 is 17.3 Å². The van der Waals surface area contributed by atoms with Gasteiger partial charge in [0.25, 0.3) is 0 Å². The summed E-state index contributed by atoms with van der Waals surface area (Å²) in [5.41, 5.74) is 6.67. The summed E-state index contributed by atoms with van der Waals surface area (Å²) in [6.45, 7) is 7.41. The third-order valence-electron chi connectivity index (χ3n) is 1.75. The maximum Gasteiger partial charge on any atom is 0.188 e. The van der Waals surface area contributed by atoms with Crippen LogP contribution in [0.5, 0.6) is 0 Å². The molecule has 0 amide bonds. The summed E-state index contributed by atoms with van der Waals surface area (Å²) in [6.07, 6.45) is 0. The van der Waals surface area contributed by atoms with Crippen LogP contribution in [0, 0.1) is 13.8 Å². The van der Waals surface area contributed by atoms with Crippen molar-refractivity contribution in [1.82, 2.24) is 10.3 Å². The Morgan fingerprint density at radius 1 is 1.57 bits per heavy atom. The molecule has 78 valence electrons. The van der Waals surface area contributed by atoms with Crippen LogP contribution in [-0.4, -0.2) is 17.5 Å². The first-order valence-electron chi connectivity index (χ1n) is 4.60. The zero-order valence-corrected chi connectivity index (χ0v) is 9.61. The van der Waals surface area contributed by atoms with Gasteiger partial charge in [-0.2, -0.15) is 0 Å². The highest BCUT2D eigenvalue weighted by Gasteiger charge is 2.03. The summed E-state index contributed by atoms with van der Waals surface area (Å²) in [5.74, 6) is 0.498. The Morgan fingerprint density at radius 3 is 2.79 bits per heavy atom. The summed E-state index contributed by atoms with van der Waals surface area (Å²) < 4.78 is 0. The summed E-state index contributed by atoms with van der Waals surface area (Å²) >= 11 is 1.67. The third-order valence-corrected chi connectivity index (χ3v) is 2.81. The van der Waals surface area contributed by atoms with Gasteiger partial charge in [-0.1, -0.05) is 0 Å². The maximum absolute atomic E-state index is 5.61. The second-order valence-corrected chi connectivity index (χ2v) is 4.26. The largest absolute Gasteiger partial charge is 0.370 e. The molecule has 4 nitrogen and oxygen atoms in total. The summed E-state index contributed by atoms with van der Waals surface area (Å²) in [6, 6.07) is 0. The van der Waals surface area contributed by atoms with E-state index in [0.717, 1.165) is 17.2 Å². The zero-order chi connectivity index (χ0) is 10.6. The van der Waals surface area contributed by atoms with Crippen molar-refractivity contribution in [3.8, 4) is 0 Å². The number of nitrogens with one attached hydrogen (secondary N) is 1. The minimum atomic E-state index is 0.498. The lowest BCUT2D eigenvalue weighted by Crippen LogP contribution is -2.31. The average Bonchev–Trinajstić information content (AvgIpc) is 2.42. The molecule has 0 aliphatic rings. The number of hydrogen-bond acceptors (Lipinski definition) is 3. The molecular formula is C9H16N4S. The quantitative estimate of drug-likeness (QED) is 0.584. The van der Waals surface area contributed by atoms with E-state index in [9.17, 15) is 0 Å². The van der Waals surface area contributed by atoms with Gasteiger partial charge in [0.15, 0.2) is 5.96 Å². The number of aryl methyl sites for hydroxylation is 2. The van der Waals surface area contributed by atoms with E-state index in [1.807, 2.05) is 20.8 Å². The highest BCUT2D eigenvalue weighted by Crippen LogP contribution is 2.17. The maximum atomic E-state index is 5.61. The molecule has 5 heteroatoms. The van der Waals surface area contributed by atoms with E-state index < -0.39 is 0 Å². The molecule has 14 heavy (non-hydrogen) atoms. The molecule has 1 heterocycles. The molecule has 0 aromatic carbocycles. The van der Waals surface area contributed by atoms with Gasteiger partial charge in [-0.25, -0.2) is 9.98 Å². The van der Waals surface area contributed by atoms with Crippen molar-refractivity contribution in [2.24, 2.45) is 10.7 Å². The molecule has 0 spiro atoms. The number of nitrogens with zero attached hydrogens (tertiary/aromatic N) is 2. The molecule has 1 aromatic heterocycles. The summed E-state index contributed by atoms with van der Waals surface area (Å²) in [5, 5.41) is 4.03. The molecule has 0 fully saturated rings. The Morgan fingerprint density at radius 2 is 2.29 bits per heavy atom. The predicted octanol–water partition coefficient (Wildman–Crippen LogP) is 1.18. The van der Waals surface area contributed by atoms with E-state index in [0.29, 0.717) is 12.5 Å². The van der Waals surface area contributed by atoms with Crippen LogP contribution in [-0.2, 0) is 6.54 Å². The van der Waals surface area contributed by atoms with Crippen molar-refractivity contribution in [3.05, 3.63) is 15.6 Å².